The first-order valence-corrected chi connectivity index (χ1v) is 7.20. The summed E-state index contributed by atoms with van der Waals surface area (Å²) in [6, 6.07) is 6.85. The van der Waals surface area contributed by atoms with Crippen LogP contribution < -0.4 is 14.8 Å². The van der Waals surface area contributed by atoms with E-state index >= 15 is 0 Å². The number of benzene rings is 1. The molecule has 0 aliphatic rings. The Balaban J connectivity index is 2.29. The highest BCUT2D eigenvalue weighted by Gasteiger charge is 2.15. The number of nitrogens with zero attached hydrogens (tertiary/aromatic N) is 2. The van der Waals surface area contributed by atoms with Crippen LogP contribution in [0.4, 0.5) is 5.95 Å². The summed E-state index contributed by atoms with van der Waals surface area (Å²) < 4.78 is 10.6. The summed E-state index contributed by atoms with van der Waals surface area (Å²) in [5.74, 6) is 1.69. The molecule has 0 aliphatic heterocycles. The molecule has 0 saturated heterocycles. The molecule has 2 atom stereocenters. The molecule has 0 radical (unpaired) electrons. The largest absolute Gasteiger partial charge is 0.497 e. The summed E-state index contributed by atoms with van der Waals surface area (Å²) in [5, 5.41) is 21.6. The van der Waals surface area contributed by atoms with Gasteiger partial charge >= 0.3 is 0 Å². The summed E-state index contributed by atoms with van der Waals surface area (Å²) >= 11 is 0. The molecule has 0 bridgehead atoms. The van der Waals surface area contributed by atoms with E-state index in [1.807, 2.05) is 12.1 Å². The number of hydrogen-bond acceptors (Lipinski definition) is 7. The van der Waals surface area contributed by atoms with Gasteiger partial charge in [0.15, 0.2) is 0 Å². The van der Waals surface area contributed by atoms with E-state index in [9.17, 15) is 5.11 Å². The average molecular weight is 319 g/mol. The van der Waals surface area contributed by atoms with Gasteiger partial charge in [-0.2, -0.15) is 0 Å². The lowest BCUT2D eigenvalue weighted by Gasteiger charge is -2.18. The Morgan fingerprint density at radius 2 is 2.00 bits per heavy atom. The number of nitrogens with one attached hydrogen (secondary N) is 1. The summed E-state index contributed by atoms with van der Waals surface area (Å²) in [5.41, 5.74) is 1.47. The van der Waals surface area contributed by atoms with Gasteiger partial charge in [0.2, 0.25) is 5.95 Å². The SMILES string of the molecule is COc1ccc(-c2ccnc(NC(C)C(O)CO)n2)c(OC)c1. The maximum absolute atomic E-state index is 9.61. The van der Waals surface area contributed by atoms with Crippen molar-refractivity contribution >= 4 is 5.95 Å². The van der Waals surface area contributed by atoms with E-state index in [0.29, 0.717) is 23.1 Å². The van der Waals surface area contributed by atoms with E-state index < -0.39 is 6.10 Å². The summed E-state index contributed by atoms with van der Waals surface area (Å²) in [6.45, 7) is 1.41. The lowest BCUT2D eigenvalue weighted by molar-refractivity contribution is 0.0837. The molecular formula is C16H21N3O4. The third kappa shape index (κ3) is 4.08. The fourth-order valence-electron chi connectivity index (χ4n) is 2.05. The molecule has 124 valence electrons. The van der Waals surface area contributed by atoms with Crippen LogP contribution in [0, 0.1) is 0 Å². The molecule has 1 aromatic carbocycles. The van der Waals surface area contributed by atoms with Crippen molar-refractivity contribution in [3.63, 3.8) is 0 Å². The summed E-state index contributed by atoms with van der Waals surface area (Å²) in [7, 11) is 3.17. The normalized spacial score (nSPS) is 13.3. The zero-order chi connectivity index (χ0) is 16.8. The lowest BCUT2D eigenvalue weighted by atomic mass is 10.1. The van der Waals surface area contributed by atoms with E-state index in [-0.39, 0.29) is 12.6 Å². The standard InChI is InChI=1S/C16H21N3O4/c1-10(14(21)9-20)18-16-17-7-6-13(19-16)12-5-4-11(22-2)8-15(12)23-3/h4-8,10,14,20-21H,9H2,1-3H3,(H,17,18,19). The number of hydrogen-bond donors (Lipinski definition) is 3. The zero-order valence-electron chi connectivity index (χ0n) is 13.4. The fourth-order valence-corrected chi connectivity index (χ4v) is 2.05. The molecule has 2 unspecified atom stereocenters. The van der Waals surface area contributed by atoms with Crippen LogP contribution in [-0.2, 0) is 0 Å². The molecule has 7 heteroatoms. The van der Waals surface area contributed by atoms with Gasteiger partial charge in [-0.3, -0.25) is 0 Å². The lowest BCUT2D eigenvalue weighted by Crippen LogP contribution is -2.34. The third-order valence-corrected chi connectivity index (χ3v) is 3.46. The third-order valence-electron chi connectivity index (χ3n) is 3.46. The van der Waals surface area contributed by atoms with Gasteiger partial charge in [-0.15, -0.1) is 0 Å². The molecule has 0 fully saturated rings. The van der Waals surface area contributed by atoms with Crippen LogP contribution in [0.3, 0.4) is 0 Å². The molecular weight excluding hydrogens is 298 g/mol. The molecule has 0 aliphatic carbocycles. The first kappa shape index (κ1) is 17.0. The second-order valence-electron chi connectivity index (χ2n) is 5.01. The Labute approximate surface area is 134 Å². The number of ether oxygens (including phenoxy) is 2. The quantitative estimate of drug-likeness (QED) is 0.708. The fraction of sp³-hybridized carbons (Fsp3) is 0.375. The van der Waals surface area contributed by atoms with Gasteiger partial charge in [0.25, 0.3) is 0 Å². The first-order valence-electron chi connectivity index (χ1n) is 7.20. The first-order chi connectivity index (χ1) is 11.1. The zero-order valence-corrected chi connectivity index (χ0v) is 13.4. The number of aliphatic hydroxyl groups is 2. The molecule has 0 spiro atoms. The van der Waals surface area contributed by atoms with Gasteiger partial charge in [0, 0.05) is 17.8 Å². The van der Waals surface area contributed by atoms with E-state index in [1.165, 1.54) is 0 Å². The molecule has 0 saturated carbocycles. The van der Waals surface area contributed by atoms with Crippen LogP contribution in [0.5, 0.6) is 11.5 Å². The smallest absolute Gasteiger partial charge is 0.223 e. The van der Waals surface area contributed by atoms with Crippen molar-refractivity contribution in [1.29, 1.82) is 0 Å². The number of rotatable bonds is 7. The van der Waals surface area contributed by atoms with Crippen molar-refractivity contribution in [1.82, 2.24) is 9.97 Å². The van der Waals surface area contributed by atoms with Crippen molar-refractivity contribution in [3.05, 3.63) is 30.5 Å². The number of methoxy groups -OCH3 is 2. The van der Waals surface area contributed by atoms with Crippen LogP contribution in [0.2, 0.25) is 0 Å². The molecule has 2 aromatic rings. The Morgan fingerprint density at radius 3 is 2.65 bits per heavy atom. The minimum Gasteiger partial charge on any atom is -0.497 e. The maximum Gasteiger partial charge on any atom is 0.223 e. The highest BCUT2D eigenvalue weighted by atomic mass is 16.5. The second kappa shape index (κ2) is 7.75. The van der Waals surface area contributed by atoms with Crippen LogP contribution in [-0.4, -0.2) is 53.2 Å². The molecule has 1 aromatic heterocycles. The molecule has 2 rings (SSSR count). The van der Waals surface area contributed by atoms with Gasteiger partial charge in [-0.1, -0.05) is 0 Å². The average Bonchev–Trinajstić information content (AvgIpc) is 2.60. The van der Waals surface area contributed by atoms with Crippen LogP contribution in [0.25, 0.3) is 11.3 Å². The minimum absolute atomic E-state index is 0.333. The van der Waals surface area contributed by atoms with Crippen molar-refractivity contribution in [3.8, 4) is 22.8 Å². The van der Waals surface area contributed by atoms with Crippen molar-refractivity contribution in [2.75, 3.05) is 26.1 Å². The Morgan fingerprint density at radius 1 is 1.22 bits per heavy atom. The number of anilines is 1. The Bertz CT molecular complexity index is 651. The predicted molar refractivity (Wildman–Crippen MR) is 86.7 cm³/mol. The molecule has 3 N–H and O–H groups in total. The maximum atomic E-state index is 9.61. The molecule has 7 nitrogen and oxygen atoms in total. The molecule has 23 heavy (non-hydrogen) atoms. The van der Waals surface area contributed by atoms with Gasteiger partial charge in [-0.25, -0.2) is 9.97 Å². The van der Waals surface area contributed by atoms with E-state index in [1.54, 1.807) is 39.5 Å². The van der Waals surface area contributed by atoms with Gasteiger partial charge in [-0.05, 0) is 25.1 Å². The van der Waals surface area contributed by atoms with Gasteiger partial charge < -0.3 is 25.0 Å². The Kier molecular flexibility index (Phi) is 5.72. The highest BCUT2D eigenvalue weighted by molar-refractivity contribution is 5.69. The van der Waals surface area contributed by atoms with Crippen LogP contribution in [0.15, 0.2) is 30.5 Å². The monoisotopic (exact) mass is 319 g/mol. The van der Waals surface area contributed by atoms with Gasteiger partial charge in [0.1, 0.15) is 11.5 Å². The molecule has 0 amide bonds. The highest BCUT2D eigenvalue weighted by Crippen LogP contribution is 2.32. The van der Waals surface area contributed by atoms with E-state index in [2.05, 4.69) is 15.3 Å². The Hall–Kier alpha value is -2.38. The topological polar surface area (TPSA) is 96.7 Å². The van der Waals surface area contributed by atoms with Gasteiger partial charge in [0.05, 0.1) is 38.7 Å². The van der Waals surface area contributed by atoms with E-state index in [0.717, 1.165) is 5.56 Å². The molecule has 1 heterocycles. The summed E-state index contributed by atoms with van der Waals surface area (Å²) in [6.07, 6.45) is 0.727. The minimum atomic E-state index is -0.891. The van der Waals surface area contributed by atoms with Crippen molar-refractivity contribution < 1.29 is 19.7 Å². The van der Waals surface area contributed by atoms with Crippen molar-refractivity contribution in [2.45, 2.75) is 19.1 Å². The second-order valence-corrected chi connectivity index (χ2v) is 5.01. The predicted octanol–water partition coefficient (Wildman–Crippen LogP) is 1.31. The van der Waals surface area contributed by atoms with Crippen molar-refractivity contribution in [2.24, 2.45) is 0 Å². The number of aromatic nitrogens is 2. The van der Waals surface area contributed by atoms with Crippen LogP contribution in [0.1, 0.15) is 6.92 Å². The number of aliphatic hydroxyl groups excluding tert-OH is 2. The van der Waals surface area contributed by atoms with E-state index in [4.69, 9.17) is 14.6 Å². The summed E-state index contributed by atoms with van der Waals surface area (Å²) in [4.78, 5) is 8.56. The van der Waals surface area contributed by atoms with Crippen LogP contribution >= 0.6 is 0 Å².